The molecule has 1 aromatic heterocycles. The second-order valence-electron chi connectivity index (χ2n) is 5.61. The minimum Gasteiger partial charge on any atom is -0.465 e. The van der Waals surface area contributed by atoms with Crippen LogP contribution in [0.5, 0.6) is 0 Å². The highest BCUT2D eigenvalue weighted by molar-refractivity contribution is 5.89. The van der Waals surface area contributed by atoms with Crippen molar-refractivity contribution in [3.05, 3.63) is 65.5 Å². The van der Waals surface area contributed by atoms with Crippen LogP contribution < -0.4 is 5.32 Å². The summed E-state index contributed by atoms with van der Waals surface area (Å²) in [7, 11) is 1.33. The number of rotatable bonds is 6. The van der Waals surface area contributed by atoms with Crippen LogP contribution in [-0.4, -0.2) is 29.6 Å². The Bertz CT molecular complexity index is 914. The topological polar surface area (TPSA) is 64.1 Å². The van der Waals surface area contributed by atoms with Crippen LogP contribution in [0.25, 0.3) is 10.9 Å². The van der Waals surface area contributed by atoms with E-state index < -0.39 is 12.2 Å². The molecule has 0 spiro atoms. The summed E-state index contributed by atoms with van der Waals surface area (Å²) in [6.07, 6.45) is -2.09. The van der Waals surface area contributed by atoms with E-state index in [4.69, 9.17) is 0 Å². The number of benzene rings is 2. The van der Waals surface area contributed by atoms with E-state index in [0.717, 1.165) is 5.56 Å². The molecule has 0 aliphatic rings. The van der Waals surface area contributed by atoms with E-state index in [0.29, 0.717) is 35.2 Å². The summed E-state index contributed by atoms with van der Waals surface area (Å²) in [6, 6.07) is 14.1. The Labute approximate surface area is 149 Å². The molecule has 1 N–H and O–H groups in total. The number of ether oxygens (including phenoxy) is 1. The average Bonchev–Trinajstić information content (AvgIpc) is 2.67. The lowest BCUT2D eigenvalue weighted by atomic mass is 10.1. The first kappa shape index (κ1) is 17.7. The van der Waals surface area contributed by atoms with Crippen LogP contribution in [0.2, 0.25) is 0 Å². The molecule has 0 bridgehead atoms. The van der Waals surface area contributed by atoms with Crippen molar-refractivity contribution < 1.29 is 18.3 Å². The van der Waals surface area contributed by atoms with E-state index in [9.17, 15) is 13.6 Å². The Morgan fingerprint density at radius 1 is 1.12 bits per heavy atom. The maximum Gasteiger partial charge on any atom is 0.337 e. The molecule has 5 nitrogen and oxygen atoms in total. The number of hydrogen-bond acceptors (Lipinski definition) is 5. The number of carbonyl (C=O) groups excluding carboxylic acids is 1. The summed E-state index contributed by atoms with van der Waals surface area (Å²) in [5.74, 6) is -0.493. The minimum absolute atomic E-state index is 0.386. The van der Waals surface area contributed by atoms with Crippen LogP contribution in [-0.2, 0) is 11.2 Å². The molecule has 0 aliphatic carbocycles. The number of esters is 1. The lowest BCUT2D eigenvalue weighted by molar-refractivity contribution is 0.0600. The van der Waals surface area contributed by atoms with E-state index in [2.05, 4.69) is 20.0 Å². The number of fused-ring (bicyclic) bond motifs is 1. The van der Waals surface area contributed by atoms with Gasteiger partial charge in [0.25, 0.3) is 6.43 Å². The predicted molar refractivity (Wildman–Crippen MR) is 94.5 cm³/mol. The van der Waals surface area contributed by atoms with E-state index in [1.165, 1.54) is 7.11 Å². The quantitative estimate of drug-likeness (QED) is 0.676. The molecule has 2 aromatic carbocycles. The highest BCUT2D eigenvalue weighted by Gasteiger charge is 2.14. The number of carbonyl (C=O) groups is 1. The van der Waals surface area contributed by atoms with Crippen molar-refractivity contribution in [2.75, 3.05) is 19.0 Å². The molecule has 3 aromatic rings. The third-order valence-electron chi connectivity index (χ3n) is 3.90. The van der Waals surface area contributed by atoms with Crippen LogP contribution in [0.15, 0.2) is 48.5 Å². The van der Waals surface area contributed by atoms with Crippen molar-refractivity contribution in [2.45, 2.75) is 12.8 Å². The van der Waals surface area contributed by atoms with E-state index >= 15 is 0 Å². The predicted octanol–water partition coefficient (Wildman–Crippen LogP) is 4.01. The zero-order chi connectivity index (χ0) is 18.5. The van der Waals surface area contributed by atoms with Gasteiger partial charge in [0.15, 0.2) is 5.82 Å². The Kier molecular flexibility index (Phi) is 5.36. The fourth-order valence-corrected chi connectivity index (χ4v) is 2.58. The number of anilines is 1. The van der Waals surface area contributed by atoms with Gasteiger partial charge in [0, 0.05) is 11.9 Å². The van der Waals surface area contributed by atoms with E-state index in [-0.39, 0.29) is 5.97 Å². The molecule has 0 radical (unpaired) electrons. The summed E-state index contributed by atoms with van der Waals surface area (Å²) in [6.45, 7) is 0.501. The van der Waals surface area contributed by atoms with Gasteiger partial charge in [0.2, 0.25) is 0 Å². The normalized spacial score (nSPS) is 10.9. The SMILES string of the molecule is COC(=O)c1ccc(CCNc2nc(C(F)F)nc3ccccc23)cc1. The van der Waals surface area contributed by atoms with Crippen LogP contribution in [0.4, 0.5) is 14.6 Å². The summed E-state index contributed by atoms with van der Waals surface area (Å²) in [5.41, 5.74) is 1.95. The average molecular weight is 357 g/mol. The lowest BCUT2D eigenvalue weighted by Gasteiger charge is -2.11. The molecule has 0 saturated carbocycles. The maximum absolute atomic E-state index is 13.0. The van der Waals surface area contributed by atoms with Crippen molar-refractivity contribution in [1.82, 2.24) is 9.97 Å². The molecule has 0 unspecified atom stereocenters. The number of nitrogens with zero attached hydrogens (tertiary/aromatic N) is 2. The Hall–Kier alpha value is -3.09. The van der Waals surface area contributed by atoms with Crippen molar-refractivity contribution in [1.29, 1.82) is 0 Å². The number of nitrogens with one attached hydrogen (secondary N) is 1. The van der Waals surface area contributed by atoms with Crippen molar-refractivity contribution >= 4 is 22.7 Å². The van der Waals surface area contributed by atoms with Gasteiger partial charge in [-0.15, -0.1) is 0 Å². The third-order valence-corrected chi connectivity index (χ3v) is 3.90. The van der Waals surface area contributed by atoms with Gasteiger partial charge < -0.3 is 10.1 Å². The number of alkyl halides is 2. The zero-order valence-corrected chi connectivity index (χ0v) is 14.1. The minimum atomic E-state index is -2.73. The molecule has 0 saturated heterocycles. The summed E-state index contributed by atoms with van der Waals surface area (Å²) in [4.78, 5) is 19.3. The second kappa shape index (κ2) is 7.86. The largest absolute Gasteiger partial charge is 0.465 e. The molecule has 26 heavy (non-hydrogen) atoms. The van der Waals surface area contributed by atoms with Crippen molar-refractivity contribution in [3.8, 4) is 0 Å². The first-order valence-electron chi connectivity index (χ1n) is 8.04. The number of para-hydroxylation sites is 1. The molecule has 0 fully saturated rings. The molecule has 7 heteroatoms. The highest BCUT2D eigenvalue weighted by Crippen LogP contribution is 2.24. The number of hydrogen-bond donors (Lipinski definition) is 1. The fraction of sp³-hybridized carbons (Fsp3) is 0.211. The molecule has 0 atom stereocenters. The number of aromatic nitrogens is 2. The monoisotopic (exact) mass is 357 g/mol. The lowest BCUT2D eigenvalue weighted by Crippen LogP contribution is -2.09. The van der Waals surface area contributed by atoms with Gasteiger partial charge in [-0.25, -0.2) is 23.5 Å². The summed E-state index contributed by atoms with van der Waals surface area (Å²) in [5, 5.41) is 3.80. The third kappa shape index (κ3) is 3.93. The van der Waals surface area contributed by atoms with Gasteiger partial charge in [-0.05, 0) is 36.2 Å². The van der Waals surface area contributed by atoms with Gasteiger partial charge in [-0.3, -0.25) is 0 Å². The Morgan fingerprint density at radius 3 is 2.54 bits per heavy atom. The fourth-order valence-electron chi connectivity index (χ4n) is 2.58. The van der Waals surface area contributed by atoms with E-state index in [1.54, 1.807) is 30.3 Å². The number of halogens is 2. The van der Waals surface area contributed by atoms with Crippen molar-refractivity contribution in [2.24, 2.45) is 0 Å². The molecule has 1 heterocycles. The van der Waals surface area contributed by atoms with Crippen molar-refractivity contribution in [3.63, 3.8) is 0 Å². The molecule has 0 aliphatic heterocycles. The summed E-state index contributed by atoms with van der Waals surface area (Å²) >= 11 is 0. The van der Waals surface area contributed by atoms with Gasteiger partial charge >= 0.3 is 5.97 Å². The zero-order valence-electron chi connectivity index (χ0n) is 14.1. The number of methoxy groups -OCH3 is 1. The van der Waals surface area contributed by atoms with Crippen LogP contribution in [0.3, 0.4) is 0 Å². The molecule has 134 valence electrons. The Morgan fingerprint density at radius 2 is 1.85 bits per heavy atom. The standard InChI is InChI=1S/C19H17F2N3O2/c1-26-19(25)13-8-6-12(7-9-13)10-11-22-17-14-4-2-3-5-15(14)23-18(24-17)16(20)21/h2-9,16H,10-11H2,1H3,(H,22,23,24). The maximum atomic E-state index is 13.0. The van der Waals surface area contributed by atoms with Crippen LogP contribution in [0, 0.1) is 0 Å². The molecule has 0 amide bonds. The van der Waals surface area contributed by atoms with Gasteiger partial charge in [-0.2, -0.15) is 0 Å². The second-order valence-corrected chi connectivity index (χ2v) is 5.61. The molecular formula is C19H17F2N3O2. The molecule has 3 rings (SSSR count). The molecular weight excluding hydrogens is 340 g/mol. The van der Waals surface area contributed by atoms with Gasteiger partial charge in [0.1, 0.15) is 5.82 Å². The van der Waals surface area contributed by atoms with Gasteiger partial charge in [0.05, 0.1) is 18.2 Å². The summed E-state index contributed by atoms with van der Waals surface area (Å²) < 4.78 is 30.7. The highest BCUT2D eigenvalue weighted by atomic mass is 19.3. The van der Waals surface area contributed by atoms with Crippen LogP contribution >= 0.6 is 0 Å². The first-order valence-corrected chi connectivity index (χ1v) is 8.04. The Balaban J connectivity index is 1.72. The smallest absolute Gasteiger partial charge is 0.337 e. The first-order chi connectivity index (χ1) is 12.6. The van der Waals surface area contributed by atoms with E-state index in [1.807, 2.05) is 18.2 Å². The van der Waals surface area contributed by atoms with Crippen LogP contribution in [0.1, 0.15) is 28.2 Å². The van der Waals surface area contributed by atoms with Gasteiger partial charge in [-0.1, -0.05) is 24.3 Å².